The number of carbonyl (C=O) groups is 2. The molecule has 236 valence electrons. The maximum atomic E-state index is 14.3. The highest BCUT2D eigenvalue weighted by molar-refractivity contribution is 7.89. The van der Waals surface area contributed by atoms with Gasteiger partial charge in [0, 0.05) is 37.4 Å². The molecule has 5 rings (SSSR count). The van der Waals surface area contributed by atoms with E-state index in [0.29, 0.717) is 24.5 Å². The van der Waals surface area contributed by atoms with E-state index in [4.69, 9.17) is 9.47 Å². The van der Waals surface area contributed by atoms with Crippen LogP contribution in [0.4, 0.5) is 10.1 Å². The first-order valence-electron chi connectivity index (χ1n) is 14.1. The zero-order valence-corrected chi connectivity index (χ0v) is 25.7. The number of anilines is 1. The second-order valence-corrected chi connectivity index (χ2v) is 12.1. The Morgan fingerprint density at radius 1 is 1.02 bits per heavy atom. The standard InChI is InChI=1S/C31H32FN5O7S/c1-4-35-15-17-36(18-16-35)45(41,42)27-19-21(33-29(38)24-7-5-6-8-25(24)32)9-14-26(27)44-30-20(2)28(31(39)40)34-37(30)22-10-12-23(43-3)13-11-22/h5-14,19H,4,15-18H2,1-3H3,(H,33,38)(H,39,40). The fraction of sp³-hybridized carbons (Fsp3) is 0.258. The molecule has 3 aromatic carbocycles. The normalized spacial score (nSPS) is 14.2. The second-order valence-electron chi connectivity index (χ2n) is 10.2. The van der Waals surface area contributed by atoms with E-state index in [1.165, 1.54) is 59.4 Å². The van der Waals surface area contributed by atoms with E-state index >= 15 is 0 Å². The summed E-state index contributed by atoms with van der Waals surface area (Å²) in [5.74, 6) is -2.36. The van der Waals surface area contributed by atoms with Gasteiger partial charge >= 0.3 is 5.97 Å². The van der Waals surface area contributed by atoms with Crippen molar-refractivity contribution in [2.75, 3.05) is 45.2 Å². The van der Waals surface area contributed by atoms with Gasteiger partial charge in [0.2, 0.25) is 15.9 Å². The van der Waals surface area contributed by atoms with Gasteiger partial charge in [-0.15, -0.1) is 0 Å². The molecule has 1 aliphatic rings. The molecule has 0 radical (unpaired) electrons. The summed E-state index contributed by atoms with van der Waals surface area (Å²) in [6.45, 7) is 5.80. The number of benzene rings is 3. The lowest BCUT2D eigenvalue weighted by Crippen LogP contribution is -2.48. The van der Waals surface area contributed by atoms with E-state index in [1.54, 1.807) is 24.3 Å². The van der Waals surface area contributed by atoms with Gasteiger partial charge in [0.1, 0.15) is 22.2 Å². The van der Waals surface area contributed by atoms with Gasteiger partial charge in [0.05, 0.1) is 18.4 Å². The molecule has 14 heteroatoms. The average Bonchev–Trinajstić information content (AvgIpc) is 3.37. The van der Waals surface area contributed by atoms with Crippen LogP contribution < -0.4 is 14.8 Å². The molecule has 45 heavy (non-hydrogen) atoms. The van der Waals surface area contributed by atoms with Crippen LogP contribution in [0.15, 0.2) is 71.6 Å². The van der Waals surface area contributed by atoms with Crippen molar-refractivity contribution >= 4 is 27.6 Å². The van der Waals surface area contributed by atoms with Crippen molar-refractivity contribution in [2.24, 2.45) is 0 Å². The number of nitrogens with one attached hydrogen (secondary N) is 1. The number of hydrogen-bond donors (Lipinski definition) is 2. The Bertz CT molecular complexity index is 1840. The van der Waals surface area contributed by atoms with Gasteiger partial charge in [-0.2, -0.15) is 14.1 Å². The number of hydrogen-bond acceptors (Lipinski definition) is 8. The van der Waals surface area contributed by atoms with Crippen molar-refractivity contribution in [3.8, 4) is 23.1 Å². The summed E-state index contributed by atoms with van der Waals surface area (Å²) in [6.07, 6.45) is 0. The minimum Gasteiger partial charge on any atom is -0.497 e. The van der Waals surface area contributed by atoms with Crippen LogP contribution in [-0.2, 0) is 10.0 Å². The molecule has 1 saturated heterocycles. The lowest BCUT2D eigenvalue weighted by atomic mass is 10.2. The maximum absolute atomic E-state index is 14.3. The number of ether oxygens (including phenoxy) is 2. The van der Waals surface area contributed by atoms with Crippen molar-refractivity contribution < 1.29 is 37.0 Å². The molecule has 1 aliphatic heterocycles. The van der Waals surface area contributed by atoms with E-state index < -0.39 is 27.7 Å². The highest BCUT2D eigenvalue weighted by atomic mass is 32.2. The molecule has 12 nitrogen and oxygen atoms in total. The number of likely N-dealkylation sites (N-methyl/N-ethyl adjacent to an activating group) is 1. The molecule has 0 atom stereocenters. The summed E-state index contributed by atoms with van der Waals surface area (Å²) in [4.78, 5) is 26.8. The molecule has 0 bridgehead atoms. The van der Waals surface area contributed by atoms with Gasteiger partial charge in [0.15, 0.2) is 5.69 Å². The van der Waals surface area contributed by atoms with Crippen LogP contribution in [0.5, 0.6) is 17.4 Å². The quantitative estimate of drug-likeness (QED) is 0.259. The van der Waals surface area contributed by atoms with E-state index in [1.807, 2.05) is 6.92 Å². The lowest BCUT2D eigenvalue weighted by molar-refractivity contribution is 0.0689. The van der Waals surface area contributed by atoms with Gasteiger partial charge < -0.3 is 24.8 Å². The molecule has 0 unspecified atom stereocenters. The number of methoxy groups -OCH3 is 1. The number of carboxylic acids is 1. The highest BCUT2D eigenvalue weighted by Gasteiger charge is 2.32. The summed E-state index contributed by atoms with van der Waals surface area (Å²) in [6, 6.07) is 16.1. The molecule has 0 saturated carbocycles. The smallest absolute Gasteiger partial charge is 0.356 e. The molecule has 1 fully saturated rings. The summed E-state index contributed by atoms with van der Waals surface area (Å²) < 4.78 is 56.5. The second kappa shape index (κ2) is 13.1. The molecule has 1 amide bonds. The van der Waals surface area contributed by atoms with Crippen molar-refractivity contribution in [1.82, 2.24) is 19.0 Å². The minimum absolute atomic E-state index is 0.0204. The predicted molar refractivity (Wildman–Crippen MR) is 164 cm³/mol. The van der Waals surface area contributed by atoms with Crippen molar-refractivity contribution in [2.45, 2.75) is 18.7 Å². The van der Waals surface area contributed by atoms with Gasteiger partial charge in [-0.05, 0) is 68.1 Å². The first-order valence-corrected chi connectivity index (χ1v) is 15.5. The molecular formula is C31H32FN5O7S. The van der Waals surface area contributed by atoms with Gasteiger partial charge in [0.25, 0.3) is 5.91 Å². The summed E-state index contributed by atoms with van der Waals surface area (Å²) >= 11 is 0. The minimum atomic E-state index is -4.19. The Morgan fingerprint density at radius 2 is 1.71 bits per heavy atom. The molecule has 0 aliphatic carbocycles. The number of rotatable bonds is 10. The van der Waals surface area contributed by atoms with Crippen LogP contribution in [0.25, 0.3) is 5.69 Å². The largest absolute Gasteiger partial charge is 0.497 e. The number of sulfonamides is 1. The number of amides is 1. The lowest BCUT2D eigenvalue weighted by Gasteiger charge is -2.33. The molecule has 2 N–H and O–H groups in total. The predicted octanol–water partition coefficient (Wildman–Crippen LogP) is 4.40. The number of aromatic carboxylic acids is 1. The first-order chi connectivity index (χ1) is 21.5. The van der Waals surface area contributed by atoms with Gasteiger partial charge in [-0.3, -0.25) is 4.79 Å². The molecular weight excluding hydrogens is 605 g/mol. The highest BCUT2D eigenvalue weighted by Crippen LogP contribution is 2.37. The van der Waals surface area contributed by atoms with Crippen LogP contribution in [0.3, 0.4) is 0 Å². The molecule has 1 aromatic heterocycles. The first kappa shape index (κ1) is 31.6. The summed E-state index contributed by atoms with van der Waals surface area (Å²) in [5.41, 5.74) is 0.200. The number of piperazine rings is 1. The summed E-state index contributed by atoms with van der Waals surface area (Å²) in [7, 11) is -2.68. The zero-order valence-electron chi connectivity index (χ0n) is 24.9. The number of nitrogens with zero attached hydrogens (tertiary/aromatic N) is 4. The Hall–Kier alpha value is -4.79. The van der Waals surface area contributed by atoms with Gasteiger partial charge in [-0.25, -0.2) is 17.6 Å². The third-order valence-electron chi connectivity index (χ3n) is 7.51. The molecule has 4 aromatic rings. The zero-order chi connectivity index (χ0) is 32.3. The fourth-order valence-electron chi connectivity index (χ4n) is 4.95. The van der Waals surface area contributed by atoms with Crippen LogP contribution in [0.2, 0.25) is 0 Å². The number of carbonyl (C=O) groups excluding carboxylic acids is 1. The van der Waals surface area contributed by atoms with Crippen LogP contribution in [0.1, 0.15) is 33.3 Å². The Balaban J connectivity index is 1.59. The van der Waals surface area contributed by atoms with E-state index in [0.717, 1.165) is 12.6 Å². The molecule has 2 heterocycles. The monoisotopic (exact) mass is 637 g/mol. The Morgan fingerprint density at radius 3 is 2.33 bits per heavy atom. The van der Waals surface area contributed by atoms with Crippen LogP contribution in [-0.4, -0.2) is 84.2 Å². The van der Waals surface area contributed by atoms with Crippen molar-refractivity contribution in [1.29, 1.82) is 0 Å². The fourth-order valence-corrected chi connectivity index (χ4v) is 6.51. The van der Waals surface area contributed by atoms with Gasteiger partial charge in [-0.1, -0.05) is 19.1 Å². The van der Waals surface area contributed by atoms with Crippen LogP contribution >= 0.6 is 0 Å². The summed E-state index contributed by atoms with van der Waals surface area (Å²) in [5, 5.41) is 16.6. The number of carboxylic acid groups (broad SMARTS) is 1. The van der Waals surface area contributed by atoms with Crippen molar-refractivity contribution in [3.05, 3.63) is 89.4 Å². The Kier molecular flexibility index (Phi) is 9.18. The average molecular weight is 638 g/mol. The Labute approximate surface area is 259 Å². The maximum Gasteiger partial charge on any atom is 0.356 e. The van der Waals surface area contributed by atoms with E-state index in [9.17, 15) is 27.5 Å². The third-order valence-corrected chi connectivity index (χ3v) is 9.43. The SMILES string of the molecule is CCN1CCN(S(=O)(=O)c2cc(NC(=O)c3ccccc3F)ccc2Oc2c(C)c(C(=O)O)nn2-c2ccc(OC)cc2)CC1. The third kappa shape index (κ3) is 6.53. The van der Waals surface area contributed by atoms with E-state index in [-0.39, 0.29) is 52.1 Å². The van der Waals surface area contributed by atoms with E-state index in [2.05, 4.69) is 15.3 Å². The van der Waals surface area contributed by atoms with Crippen LogP contribution in [0, 0.1) is 12.7 Å². The topological polar surface area (TPSA) is 143 Å². The van der Waals surface area contributed by atoms with Crippen molar-refractivity contribution in [3.63, 3.8) is 0 Å². The molecule has 0 spiro atoms. The number of aromatic nitrogens is 2. The number of halogens is 1.